The Morgan fingerprint density at radius 2 is 2.09 bits per heavy atom. The molecule has 4 heterocycles. The molecule has 3 aromatic rings. The van der Waals surface area contributed by atoms with Crippen LogP contribution in [0.2, 0.25) is 0 Å². The summed E-state index contributed by atoms with van der Waals surface area (Å²) in [6, 6.07) is 3.50. The molecule has 0 radical (unpaired) electrons. The molecule has 2 amide bonds. The van der Waals surface area contributed by atoms with Gasteiger partial charge in [-0.25, -0.2) is 19.7 Å². The average Bonchev–Trinajstić information content (AvgIpc) is 3.13. The molecule has 8 nitrogen and oxygen atoms in total. The van der Waals surface area contributed by atoms with Gasteiger partial charge < -0.3 is 16.0 Å². The van der Waals surface area contributed by atoms with Crippen molar-refractivity contribution in [3.63, 3.8) is 0 Å². The predicted molar refractivity (Wildman–Crippen MR) is 82.3 cm³/mol. The summed E-state index contributed by atoms with van der Waals surface area (Å²) in [6.45, 7) is 1.25. The van der Waals surface area contributed by atoms with E-state index in [1.165, 1.54) is 0 Å². The predicted octanol–water partition coefficient (Wildman–Crippen LogP) is 1.13. The third kappa shape index (κ3) is 1.85. The first kappa shape index (κ1) is 12.6. The zero-order valence-electron chi connectivity index (χ0n) is 11.6. The van der Waals surface area contributed by atoms with Crippen LogP contribution in [0, 0.1) is 0 Å². The Morgan fingerprint density at radius 3 is 2.86 bits per heavy atom. The molecule has 0 aliphatic carbocycles. The van der Waals surface area contributed by atoms with E-state index in [9.17, 15) is 4.79 Å². The number of H-pyrrole nitrogens is 1. The number of hydrogen-bond acceptors (Lipinski definition) is 5. The van der Waals surface area contributed by atoms with Gasteiger partial charge in [0.2, 0.25) is 5.95 Å². The maximum absolute atomic E-state index is 12.0. The van der Waals surface area contributed by atoms with Gasteiger partial charge in [0.1, 0.15) is 5.65 Å². The Hall–Kier alpha value is -3.16. The van der Waals surface area contributed by atoms with Crippen LogP contribution in [0.1, 0.15) is 0 Å². The minimum Gasteiger partial charge on any atom is -0.368 e. The van der Waals surface area contributed by atoms with E-state index < -0.39 is 0 Å². The molecule has 0 bridgehead atoms. The molecule has 110 valence electrons. The van der Waals surface area contributed by atoms with Crippen molar-refractivity contribution in [2.45, 2.75) is 0 Å². The Kier molecular flexibility index (Phi) is 2.68. The molecule has 22 heavy (non-hydrogen) atoms. The normalized spacial score (nSPS) is 14.5. The molecule has 1 aliphatic heterocycles. The molecule has 1 fully saturated rings. The zero-order valence-corrected chi connectivity index (χ0v) is 11.6. The minimum atomic E-state index is -0.109. The molecule has 3 aromatic heterocycles. The van der Waals surface area contributed by atoms with Gasteiger partial charge >= 0.3 is 6.03 Å². The lowest BCUT2D eigenvalue weighted by Gasteiger charge is -2.16. The first-order chi connectivity index (χ1) is 10.7. The highest BCUT2D eigenvalue weighted by Crippen LogP contribution is 2.34. The van der Waals surface area contributed by atoms with Crippen molar-refractivity contribution in [2.24, 2.45) is 0 Å². The van der Waals surface area contributed by atoms with Crippen LogP contribution in [0.5, 0.6) is 0 Å². The SMILES string of the molecule is Nc1nccc(-c2c[nH]c3nccc(N4CCNC4=O)c23)n1. The second-order valence-electron chi connectivity index (χ2n) is 4.94. The Labute approximate surface area is 125 Å². The number of aromatic amines is 1. The van der Waals surface area contributed by atoms with E-state index in [1.54, 1.807) is 23.4 Å². The van der Waals surface area contributed by atoms with Crippen LogP contribution >= 0.6 is 0 Å². The second kappa shape index (κ2) is 4.69. The fraction of sp³-hybridized carbons (Fsp3) is 0.143. The summed E-state index contributed by atoms with van der Waals surface area (Å²) in [5.41, 5.74) is 8.69. The van der Waals surface area contributed by atoms with Crippen molar-refractivity contribution in [2.75, 3.05) is 23.7 Å². The maximum atomic E-state index is 12.0. The van der Waals surface area contributed by atoms with E-state index in [2.05, 4.69) is 25.3 Å². The van der Waals surface area contributed by atoms with E-state index in [4.69, 9.17) is 5.73 Å². The number of carbonyl (C=O) groups excluding carboxylic acids is 1. The Bertz CT molecular complexity index is 873. The fourth-order valence-corrected chi connectivity index (χ4v) is 2.69. The van der Waals surface area contributed by atoms with Crippen molar-refractivity contribution in [1.29, 1.82) is 0 Å². The number of urea groups is 1. The summed E-state index contributed by atoms with van der Waals surface area (Å²) in [5.74, 6) is 0.205. The number of nitrogens with two attached hydrogens (primary N) is 1. The number of amides is 2. The molecule has 4 N–H and O–H groups in total. The fourth-order valence-electron chi connectivity index (χ4n) is 2.69. The standard InChI is InChI=1S/C14H13N7O/c15-13-17-3-1-9(20-13)8-7-19-12-11(8)10(2-4-16-12)21-6-5-18-14(21)22/h1-4,7H,5-6H2,(H,16,19)(H,18,22)(H2,15,17,20). The van der Waals surface area contributed by atoms with E-state index in [0.29, 0.717) is 24.4 Å². The van der Waals surface area contributed by atoms with Crippen molar-refractivity contribution in [3.05, 3.63) is 30.7 Å². The number of aromatic nitrogens is 4. The number of nitrogen functional groups attached to an aromatic ring is 1. The average molecular weight is 295 g/mol. The first-order valence-corrected chi connectivity index (χ1v) is 6.84. The van der Waals surface area contributed by atoms with Gasteiger partial charge in [-0.3, -0.25) is 4.90 Å². The van der Waals surface area contributed by atoms with Gasteiger partial charge in [-0.05, 0) is 12.1 Å². The lowest BCUT2D eigenvalue weighted by Crippen LogP contribution is -2.27. The minimum absolute atomic E-state index is 0.109. The van der Waals surface area contributed by atoms with Gasteiger partial charge in [-0.15, -0.1) is 0 Å². The molecule has 0 aromatic carbocycles. The van der Waals surface area contributed by atoms with Crippen LogP contribution < -0.4 is 16.0 Å². The van der Waals surface area contributed by atoms with E-state index in [-0.39, 0.29) is 12.0 Å². The summed E-state index contributed by atoms with van der Waals surface area (Å²) >= 11 is 0. The van der Waals surface area contributed by atoms with Gasteiger partial charge in [-0.1, -0.05) is 0 Å². The number of hydrogen-bond donors (Lipinski definition) is 3. The molecule has 0 saturated carbocycles. The van der Waals surface area contributed by atoms with Crippen molar-refractivity contribution in [1.82, 2.24) is 25.3 Å². The van der Waals surface area contributed by atoms with Crippen LogP contribution in [0.25, 0.3) is 22.3 Å². The summed E-state index contributed by atoms with van der Waals surface area (Å²) in [5, 5.41) is 3.65. The molecule has 4 rings (SSSR count). The third-order valence-electron chi connectivity index (χ3n) is 3.65. The van der Waals surface area contributed by atoms with Gasteiger partial charge in [0.15, 0.2) is 0 Å². The molecule has 1 aliphatic rings. The molecule has 8 heteroatoms. The quantitative estimate of drug-likeness (QED) is 0.656. The summed E-state index contributed by atoms with van der Waals surface area (Å²) < 4.78 is 0. The summed E-state index contributed by atoms with van der Waals surface area (Å²) in [4.78, 5) is 29.3. The number of anilines is 2. The van der Waals surface area contributed by atoms with Crippen LogP contribution in [0.3, 0.4) is 0 Å². The maximum Gasteiger partial charge on any atom is 0.322 e. The number of nitrogens with one attached hydrogen (secondary N) is 2. The van der Waals surface area contributed by atoms with Crippen LogP contribution in [0.4, 0.5) is 16.4 Å². The van der Waals surface area contributed by atoms with E-state index >= 15 is 0 Å². The largest absolute Gasteiger partial charge is 0.368 e. The second-order valence-corrected chi connectivity index (χ2v) is 4.94. The highest BCUT2D eigenvalue weighted by Gasteiger charge is 2.25. The number of pyridine rings is 1. The lowest BCUT2D eigenvalue weighted by atomic mass is 10.1. The molecule has 0 spiro atoms. The molecular formula is C14H13N7O. The highest BCUT2D eigenvalue weighted by molar-refractivity contribution is 6.08. The van der Waals surface area contributed by atoms with Crippen molar-refractivity contribution in [3.8, 4) is 11.3 Å². The summed E-state index contributed by atoms with van der Waals surface area (Å²) in [7, 11) is 0. The third-order valence-corrected chi connectivity index (χ3v) is 3.65. The lowest BCUT2D eigenvalue weighted by molar-refractivity contribution is 0.252. The number of fused-ring (bicyclic) bond motifs is 1. The Morgan fingerprint density at radius 1 is 1.23 bits per heavy atom. The number of carbonyl (C=O) groups is 1. The van der Waals surface area contributed by atoms with E-state index in [1.807, 2.05) is 12.3 Å². The van der Waals surface area contributed by atoms with Crippen LogP contribution in [0.15, 0.2) is 30.7 Å². The smallest absolute Gasteiger partial charge is 0.322 e. The van der Waals surface area contributed by atoms with Gasteiger partial charge in [0, 0.05) is 37.2 Å². The van der Waals surface area contributed by atoms with Crippen molar-refractivity contribution < 1.29 is 4.79 Å². The number of nitrogens with zero attached hydrogens (tertiary/aromatic N) is 4. The monoisotopic (exact) mass is 295 g/mol. The molecular weight excluding hydrogens is 282 g/mol. The first-order valence-electron chi connectivity index (χ1n) is 6.84. The zero-order chi connectivity index (χ0) is 15.1. The number of rotatable bonds is 2. The molecule has 0 atom stereocenters. The highest BCUT2D eigenvalue weighted by atomic mass is 16.2. The Balaban J connectivity index is 1.95. The molecule has 1 saturated heterocycles. The molecule has 0 unspecified atom stereocenters. The van der Waals surface area contributed by atoms with Gasteiger partial charge in [0.05, 0.1) is 16.8 Å². The van der Waals surface area contributed by atoms with Gasteiger partial charge in [-0.2, -0.15) is 0 Å². The van der Waals surface area contributed by atoms with Crippen molar-refractivity contribution >= 4 is 28.7 Å². The topological polar surface area (TPSA) is 113 Å². The van der Waals surface area contributed by atoms with E-state index in [0.717, 1.165) is 16.6 Å². The summed E-state index contributed by atoms with van der Waals surface area (Å²) in [6.07, 6.45) is 5.10. The van der Waals surface area contributed by atoms with Gasteiger partial charge in [0.25, 0.3) is 0 Å². The van der Waals surface area contributed by atoms with Crippen LogP contribution in [-0.2, 0) is 0 Å². The van der Waals surface area contributed by atoms with Crippen LogP contribution in [-0.4, -0.2) is 39.1 Å².